The van der Waals surface area contributed by atoms with Crippen molar-refractivity contribution in [1.29, 1.82) is 5.26 Å². The molecule has 0 aliphatic carbocycles. The number of unbranched alkanes of at least 4 members (excludes halogenated alkanes) is 2. The molecule has 0 N–H and O–H groups in total. The Kier molecular flexibility index (Phi) is 5.64. The lowest BCUT2D eigenvalue weighted by Gasteiger charge is -2.12. The van der Waals surface area contributed by atoms with Gasteiger partial charge in [0, 0.05) is 17.1 Å². The summed E-state index contributed by atoms with van der Waals surface area (Å²) in [5.74, 6) is 0.651. The number of hydrogen-bond acceptors (Lipinski definition) is 4. The number of hydrogen-bond donors (Lipinski definition) is 0. The fraction of sp³-hybridized carbons (Fsp3) is 0.462. The highest BCUT2D eigenvalue weighted by atomic mass is 35.7. The van der Waals surface area contributed by atoms with E-state index in [2.05, 4.69) is 6.07 Å². The number of halogens is 1. The van der Waals surface area contributed by atoms with Gasteiger partial charge < -0.3 is 4.74 Å². The van der Waals surface area contributed by atoms with Crippen LogP contribution in [0, 0.1) is 25.2 Å². The van der Waals surface area contributed by atoms with E-state index in [1.165, 1.54) is 6.07 Å². The summed E-state index contributed by atoms with van der Waals surface area (Å²) < 4.78 is 28.3. The first-order valence-electron chi connectivity index (χ1n) is 5.92. The van der Waals surface area contributed by atoms with Gasteiger partial charge in [-0.25, -0.2) is 8.42 Å². The third-order valence-corrected chi connectivity index (χ3v) is 4.36. The van der Waals surface area contributed by atoms with E-state index in [-0.39, 0.29) is 4.90 Å². The second-order valence-electron chi connectivity index (χ2n) is 4.21. The Hall–Kier alpha value is -1.25. The van der Waals surface area contributed by atoms with Gasteiger partial charge >= 0.3 is 0 Å². The van der Waals surface area contributed by atoms with Crippen LogP contribution in [-0.4, -0.2) is 15.0 Å². The Labute approximate surface area is 118 Å². The number of benzene rings is 1. The van der Waals surface area contributed by atoms with Gasteiger partial charge in [-0.15, -0.1) is 0 Å². The predicted octanol–water partition coefficient (Wildman–Crippen LogP) is 3.30. The summed E-state index contributed by atoms with van der Waals surface area (Å²) in [6, 6.07) is 5.14. The quantitative estimate of drug-likeness (QED) is 0.597. The first-order valence-corrected chi connectivity index (χ1v) is 8.23. The van der Waals surface area contributed by atoms with Crippen molar-refractivity contribution in [1.82, 2.24) is 0 Å². The second-order valence-corrected chi connectivity index (χ2v) is 6.75. The van der Waals surface area contributed by atoms with Gasteiger partial charge in [0.25, 0.3) is 9.05 Å². The Morgan fingerprint density at radius 1 is 1.26 bits per heavy atom. The van der Waals surface area contributed by atoms with Crippen LogP contribution in [0.15, 0.2) is 17.0 Å². The van der Waals surface area contributed by atoms with E-state index in [9.17, 15) is 8.42 Å². The molecule has 0 unspecified atom stereocenters. The molecule has 0 heterocycles. The lowest BCUT2D eigenvalue weighted by Crippen LogP contribution is -2.02. The molecular weight excluding hydrogens is 286 g/mol. The van der Waals surface area contributed by atoms with Gasteiger partial charge in [-0.1, -0.05) is 0 Å². The van der Waals surface area contributed by atoms with E-state index in [1.54, 1.807) is 19.9 Å². The maximum Gasteiger partial charge on any atom is 0.261 e. The topological polar surface area (TPSA) is 67.2 Å². The minimum Gasteiger partial charge on any atom is -0.493 e. The van der Waals surface area contributed by atoms with Crippen LogP contribution >= 0.6 is 10.7 Å². The third kappa shape index (κ3) is 4.41. The molecule has 0 saturated carbocycles. The zero-order valence-electron chi connectivity index (χ0n) is 10.9. The van der Waals surface area contributed by atoms with Crippen molar-refractivity contribution in [2.24, 2.45) is 0 Å². The van der Waals surface area contributed by atoms with Crippen LogP contribution in [0.25, 0.3) is 0 Å². The van der Waals surface area contributed by atoms with E-state index in [0.29, 0.717) is 24.3 Å². The van der Waals surface area contributed by atoms with Crippen LogP contribution in [0.3, 0.4) is 0 Å². The van der Waals surface area contributed by atoms with E-state index in [4.69, 9.17) is 20.7 Å². The van der Waals surface area contributed by atoms with E-state index >= 15 is 0 Å². The molecule has 0 atom stereocenters. The van der Waals surface area contributed by atoms with Crippen molar-refractivity contribution in [3.63, 3.8) is 0 Å². The van der Waals surface area contributed by atoms with Gasteiger partial charge in [0.1, 0.15) is 5.75 Å². The first kappa shape index (κ1) is 15.8. The van der Waals surface area contributed by atoms with Crippen LogP contribution in [0.1, 0.15) is 30.4 Å². The fourth-order valence-electron chi connectivity index (χ4n) is 1.68. The molecule has 0 aromatic heterocycles. The summed E-state index contributed by atoms with van der Waals surface area (Å²) in [5, 5.41) is 8.41. The van der Waals surface area contributed by atoms with Crippen LogP contribution in [0.4, 0.5) is 0 Å². The molecule has 1 aromatic carbocycles. The fourth-order valence-corrected chi connectivity index (χ4v) is 2.93. The van der Waals surface area contributed by atoms with Crippen molar-refractivity contribution in [2.45, 2.75) is 38.0 Å². The normalized spacial score (nSPS) is 11.1. The molecule has 0 radical (unpaired) electrons. The molecule has 4 nitrogen and oxygen atoms in total. The van der Waals surface area contributed by atoms with Crippen LogP contribution in [0.2, 0.25) is 0 Å². The first-order chi connectivity index (χ1) is 8.88. The third-order valence-electron chi connectivity index (χ3n) is 2.89. The van der Waals surface area contributed by atoms with E-state index < -0.39 is 9.05 Å². The molecule has 1 rings (SSSR count). The highest BCUT2D eigenvalue weighted by Gasteiger charge is 2.16. The number of ether oxygens (including phenoxy) is 1. The molecule has 0 saturated heterocycles. The standard InChI is InChI=1S/C13H16ClNO3S/c1-10-11(2)13(19(14,16)17)7-6-12(10)18-9-5-3-4-8-15/h6-7H,3-5,9H2,1-2H3. The molecule has 0 bridgehead atoms. The zero-order chi connectivity index (χ0) is 14.5. The molecule has 1 aromatic rings. The summed E-state index contributed by atoms with van der Waals surface area (Å²) in [4.78, 5) is 0.114. The van der Waals surface area contributed by atoms with Crippen molar-refractivity contribution >= 4 is 19.7 Å². The molecule has 19 heavy (non-hydrogen) atoms. The maximum atomic E-state index is 11.3. The Morgan fingerprint density at radius 3 is 2.53 bits per heavy atom. The molecule has 0 aliphatic heterocycles. The van der Waals surface area contributed by atoms with E-state index in [1.807, 2.05) is 0 Å². The number of rotatable bonds is 6. The Morgan fingerprint density at radius 2 is 1.95 bits per heavy atom. The summed E-state index contributed by atoms with van der Waals surface area (Å²) in [6.45, 7) is 4.01. The minimum absolute atomic E-state index is 0.114. The number of nitrogens with zero attached hydrogens (tertiary/aromatic N) is 1. The van der Waals surface area contributed by atoms with Crippen molar-refractivity contribution in [3.05, 3.63) is 23.3 Å². The van der Waals surface area contributed by atoms with Crippen molar-refractivity contribution in [3.8, 4) is 11.8 Å². The SMILES string of the molecule is Cc1c(OCCCCC#N)ccc(S(=O)(=O)Cl)c1C. The van der Waals surface area contributed by atoms with Gasteiger partial charge in [-0.05, 0) is 49.9 Å². The molecule has 6 heteroatoms. The Balaban J connectivity index is 2.78. The Bertz CT molecular complexity index is 591. The summed E-state index contributed by atoms with van der Waals surface area (Å²) >= 11 is 0. The van der Waals surface area contributed by atoms with Crippen molar-refractivity contribution < 1.29 is 13.2 Å². The average molecular weight is 302 g/mol. The lowest BCUT2D eigenvalue weighted by molar-refractivity contribution is 0.305. The second kappa shape index (κ2) is 6.78. The highest BCUT2D eigenvalue weighted by molar-refractivity contribution is 8.13. The van der Waals surface area contributed by atoms with Gasteiger partial charge in [0.2, 0.25) is 0 Å². The average Bonchev–Trinajstić information content (AvgIpc) is 2.32. The summed E-state index contributed by atoms with van der Waals surface area (Å²) in [7, 11) is 1.63. The van der Waals surface area contributed by atoms with Crippen LogP contribution < -0.4 is 4.74 Å². The molecule has 0 amide bonds. The molecule has 0 aliphatic rings. The monoisotopic (exact) mass is 301 g/mol. The molecule has 0 spiro atoms. The smallest absolute Gasteiger partial charge is 0.261 e. The minimum atomic E-state index is -3.72. The van der Waals surface area contributed by atoms with E-state index in [0.717, 1.165) is 18.4 Å². The van der Waals surface area contributed by atoms with Gasteiger partial charge in [-0.3, -0.25) is 0 Å². The molecular formula is C13H16ClNO3S. The van der Waals surface area contributed by atoms with Gasteiger partial charge in [0.05, 0.1) is 17.6 Å². The van der Waals surface area contributed by atoms with Gasteiger partial charge in [0.15, 0.2) is 0 Å². The van der Waals surface area contributed by atoms with Gasteiger partial charge in [-0.2, -0.15) is 5.26 Å². The number of nitriles is 1. The largest absolute Gasteiger partial charge is 0.493 e. The van der Waals surface area contributed by atoms with Crippen LogP contribution in [-0.2, 0) is 9.05 Å². The molecule has 104 valence electrons. The maximum absolute atomic E-state index is 11.3. The summed E-state index contributed by atoms with van der Waals surface area (Å²) in [6.07, 6.45) is 2.11. The zero-order valence-corrected chi connectivity index (χ0v) is 12.5. The highest BCUT2D eigenvalue weighted by Crippen LogP contribution is 2.29. The van der Waals surface area contributed by atoms with Crippen LogP contribution in [0.5, 0.6) is 5.75 Å². The van der Waals surface area contributed by atoms with Crippen molar-refractivity contribution in [2.75, 3.05) is 6.61 Å². The lowest BCUT2D eigenvalue weighted by atomic mass is 10.1. The summed E-state index contributed by atoms with van der Waals surface area (Å²) in [5.41, 5.74) is 1.37. The molecule has 0 fully saturated rings. The predicted molar refractivity (Wildman–Crippen MR) is 73.9 cm³/mol.